The van der Waals surface area contributed by atoms with Gasteiger partial charge in [-0.05, 0) is 77.0 Å². The maximum atomic E-state index is 13.6. The molecule has 0 aromatic carbocycles. The van der Waals surface area contributed by atoms with Gasteiger partial charge >= 0.3 is 12.1 Å². The van der Waals surface area contributed by atoms with Crippen LogP contribution in [0, 0.1) is 23.7 Å². The van der Waals surface area contributed by atoms with Gasteiger partial charge in [-0.1, -0.05) is 55.4 Å². The number of amides is 5. The van der Waals surface area contributed by atoms with E-state index < -0.39 is 71.5 Å². The van der Waals surface area contributed by atoms with Crippen molar-refractivity contribution < 1.29 is 38.2 Å². The number of esters is 1. The van der Waals surface area contributed by atoms with E-state index in [1.807, 2.05) is 55.4 Å². The fraction of sp³-hybridized carbons (Fsp3) is 0.818. The molecule has 0 fully saturated rings. The predicted octanol–water partition coefficient (Wildman–Crippen LogP) is 3.20. The number of nitrogens with one attached hydrogen (secondary N) is 5. The minimum atomic E-state index is -1.01. The summed E-state index contributed by atoms with van der Waals surface area (Å²) in [5, 5.41) is 13.4. The van der Waals surface area contributed by atoms with Gasteiger partial charge in [0.05, 0.1) is 7.11 Å². The molecule has 5 amide bonds. The molecule has 0 aliphatic rings. The number of carbonyl (C=O) groups is 6. The van der Waals surface area contributed by atoms with Crippen LogP contribution in [0.2, 0.25) is 0 Å². The molecule has 0 aliphatic carbocycles. The van der Waals surface area contributed by atoms with Gasteiger partial charge in [-0.25, -0.2) is 9.59 Å². The zero-order chi connectivity index (χ0) is 35.9. The van der Waals surface area contributed by atoms with Crippen molar-refractivity contribution in [2.75, 3.05) is 7.11 Å². The molecule has 5 atom stereocenters. The summed E-state index contributed by atoms with van der Waals surface area (Å²) in [5.41, 5.74) is -0.752. The molecule has 0 aromatic rings. The first kappa shape index (κ1) is 42.6. The van der Waals surface area contributed by atoms with Crippen molar-refractivity contribution in [1.29, 1.82) is 0 Å². The molecule has 0 rings (SSSR count). The predicted molar refractivity (Wildman–Crippen MR) is 176 cm³/mol. The topological polar surface area (TPSA) is 181 Å². The molecule has 0 bridgehead atoms. The van der Waals surface area contributed by atoms with Gasteiger partial charge < -0.3 is 36.1 Å². The highest BCUT2D eigenvalue weighted by Gasteiger charge is 2.33. The first-order valence-electron chi connectivity index (χ1n) is 16.3. The van der Waals surface area contributed by atoms with Gasteiger partial charge in [-0.2, -0.15) is 0 Å². The van der Waals surface area contributed by atoms with Crippen molar-refractivity contribution in [3.8, 4) is 0 Å². The largest absolute Gasteiger partial charge is 0.467 e. The van der Waals surface area contributed by atoms with Crippen LogP contribution >= 0.6 is 0 Å². The van der Waals surface area contributed by atoms with Crippen LogP contribution in [-0.2, 0) is 33.4 Å². The third-order valence-corrected chi connectivity index (χ3v) is 6.66. The Hall–Kier alpha value is -3.38. The molecule has 266 valence electrons. The van der Waals surface area contributed by atoms with Gasteiger partial charge in [0.15, 0.2) is 0 Å². The summed E-state index contributed by atoms with van der Waals surface area (Å²) in [5.74, 6) is -2.68. The second-order valence-corrected chi connectivity index (χ2v) is 14.7. The molecule has 13 nitrogen and oxygen atoms in total. The molecular weight excluding hydrogens is 594 g/mol. The monoisotopic (exact) mass is 655 g/mol. The fourth-order valence-electron chi connectivity index (χ4n) is 4.60. The Labute approximate surface area is 275 Å². The fourth-order valence-corrected chi connectivity index (χ4v) is 4.60. The molecule has 5 N–H and O–H groups in total. The second-order valence-electron chi connectivity index (χ2n) is 14.7. The van der Waals surface area contributed by atoms with Gasteiger partial charge in [0.25, 0.3) is 0 Å². The van der Waals surface area contributed by atoms with Crippen LogP contribution in [0.1, 0.15) is 109 Å². The summed E-state index contributed by atoms with van der Waals surface area (Å²) in [7, 11) is 1.25. The number of alkyl carbamates (subject to hydrolysis) is 1. The summed E-state index contributed by atoms with van der Waals surface area (Å²) >= 11 is 0. The zero-order valence-corrected chi connectivity index (χ0v) is 30.3. The number of ether oxygens (including phenoxy) is 2. The smallest absolute Gasteiger partial charge is 0.408 e. The highest BCUT2D eigenvalue weighted by Crippen LogP contribution is 2.13. The van der Waals surface area contributed by atoms with E-state index in [-0.39, 0.29) is 36.5 Å². The lowest BCUT2D eigenvalue weighted by atomic mass is 9.98. The Morgan fingerprint density at radius 1 is 0.500 bits per heavy atom. The number of hydrogen-bond acceptors (Lipinski definition) is 8. The molecule has 0 saturated carbocycles. The molecule has 0 saturated heterocycles. The highest BCUT2D eigenvalue weighted by atomic mass is 16.6. The minimum absolute atomic E-state index is 0.000590. The van der Waals surface area contributed by atoms with E-state index in [1.54, 1.807) is 20.8 Å². The summed E-state index contributed by atoms with van der Waals surface area (Å²) < 4.78 is 10.1. The maximum absolute atomic E-state index is 13.6. The Bertz CT molecular complexity index is 1020. The van der Waals surface area contributed by atoms with Crippen LogP contribution in [0.4, 0.5) is 4.79 Å². The van der Waals surface area contributed by atoms with Gasteiger partial charge in [0.2, 0.25) is 23.6 Å². The van der Waals surface area contributed by atoms with E-state index in [4.69, 9.17) is 9.47 Å². The molecule has 0 radical (unpaired) electrons. The van der Waals surface area contributed by atoms with Crippen LogP contribution in [-0.4, -0.2) is 78.6 Å². The van der Waals surface area contributed by atoms with Gasteiger partial charge in [-0.3, -0.25) is 19.2 Å². The van der Waals surface area contributed by atoms with Gasteiger partial charge in [0, 0.05) is 0 Å². The Morgan fingerprint density at radius 3 is 1.11 bits per heavy atom. The maximum Gasteiger partial charge on any atom is 0.408 e. The van der Waals surface area contributed by atoms with Crippen molar-refractivity contribution in [3.05, 3.63) is 0 Å². The van der Waals surface area contributed by atoms with Gasteiger partial charge in [0.1, 0.15) is 35.8 Å². The van der Waals surface area contributed by atoms with Crippen LogP contribution in [0.5, 0.6) is 0 Å². The number of hydrogen-bond donors (Lipinski definition) is 5. The Kier molecular flexibility index (Phi) is 18.5. The van der Waals surface area contributed by atoms with E-state index in [9.17, 15) is 28.8 Å². The van der Waals surface area contributed by atoms with E-state index in [2.05, 4.69) is 26.6 Å². The number of carbonyl (C=O) groups excluding carboxylic acids is 6. The van der Waals surface area contributed by atoms with Crippen molar-refractivity contribution in [2.45, 2.75) is 145 Å². The minimum Gasteiger partial charge on any atom is -0.467 e. The van der Waals surface area contributed by atoms with Crippen LogP contribution < -0.4 is 26.6 Å². The van der Waals surface area contributed by atoms with Crippen LogP contribution in [0.15, 0.2) is 0 Å². The average Bonchev–Trinajstić information content (AvgIpc) is 2.88. The molecular formula is C33H61N5O8. The SMILES string of the molecule is COC(=O)[C@H](CC(C)C)NC(=O)[C@H](CC(C)C)NC(=O)[C@H](CC(C)C)NC(=O)[C@H](CC(C)C)NC(=O)[C@@H](C)NC(=O)OC(C)(C)C. The van der Waals surface area contributed by atoms with Crippen molar-refractivity contribution in [1.82, 2.24) is 26.6 Å². The standard InChI is InChI=1S/C33H61N5O8/c1-18(2)14-23(35-27(39)22(9)34-32(44)46-33(10,11)12)28(40)36-24(15-19(3)4)29(41)37-25(16-20(5)6)30(42)38-26(17-21(7)8)31(43)45-13/h18-26H,14-17H2,1-13H3,(H,34,44)(H,35,39)(H,36,40)(H,37,41)(H,38,42)/t22-,23+,24+,25+,26+/m1/s1. The summed E-state index contributed by atoms with van der Waals surface area (Å²) in [6.07, 6.45) is 0.433. The van der Waals surface area contributed by atoms with Crippen LogP contribution in [0.25, 0.3) is 0 Å². The van der Waals surface area contributed by atoms with E-state index in [0.29, 0.717) is 12.8 Å². The molecule has 0 aliphatic heterocycles. The molecule has 0 unspecified atom stereocenters. The van der Waals surface area contributed by atoms with E-state index in [1.165, 1.54) is 14.0 Å². The van der Waals surface area contributed by atoms with Crippen molar-refractivity contribution >= 4 is 35.7 Å². The lowest BCUT2D eigenvalue weighted by Crippen LogP contribution is -2.59. The first-order valence-corrected chi connectivity index (χ1v) is 16.3. The van der Waals surface area contributed by atoms with Gasteiger partial charge in [-0.15, -0.1) is 0 Å². The Morgan fingerprint density at radius 2 is 0.804 bits per heavy atom. The van der Waals surface area contributed by atoms with Crippen molar-refractivity contribution in [2.24, 2.45) is 23.7 Å². The van der Waals surface area contributed by atoms with Crippen LogP contribution in [0.3, 0.4) is 0 Å². The van der Waals surface area contributed by atoms with E-state index in [0.717, 1.165) is 0 Å². The summed E-state index contributed by atoms with van der Waals surface area (Å²) in [6, 6.07) is -4.84. The quantitative estimate of drug-likeness (QED) is 0.140. The highest BCUT2D eigenvalue weighted by molar-refractivity contribution is 5.95. The lowest BCUT2D eigenvalue weighted by molar-refractivity contribution is -0.146. The summed E-state index contributed by atoms with van der Waals surface area (Å²) in [6.45, 7) is 21.8. The average molecular weight is 656 g/mol. The first-order chi connectivity index (χ1) is 21.1. The third kappa shape index (κ3) is 17.9. The molecule has 46 heavy (non-hydrogen) atoms. The van der Waals surface area contributed by atoms with Crippen molar-refractivity contribution in [3.63, 3.8) is 0 Å². The molecule has 0 heterocycles. The normalized spacial score (nSPS) is 15.0. The Balaban J connectivity index is 5.93. The number of methoxy groups -OCH3 is 1. The number of rotatable bonds is 18. The molecule has 13 heteroatoms. The third-order valence-electron chi connectivity index (χ3n) is 6.66. The van der Waals surface area contributed by atoms with E-state index >= 15 is 0 Å². The zero-order valence-electron chi connectivity index (χ0n) is 30.3. The second kappa shape index (κ2) is 20.0. The molecule has 0 aromatic heterocycles. The lowest BCUT2D eigenvalue weighted by Gasteiger charge is -2.28. The summed E-state index contributed by atoms with van der Waals surface area (Å²) in [4.78, 5) is 78.0. The molecule has 0 spiro atoms.